The van der Waals surface area contributed by atoms with Crippen LogP contribution in [0.25, 0.3) is 11.1 Å². The predicted octanol–water partition coefficient (Wildman–Crippen LogP) is 5.35. The number of ether oxygens (including phenoxy) is 4. The maximum Gasteiger partial charge on any atom is 0.337 e. The number of benzene rings is 3. The number of hydrogen-bond acceptors (Lipinski definition) is 8. The van der Waals surface area contributed by atoms with Crippen molar-refractivity contribution in [2.45, 2.75) is 6.54 Å². The van der Waals surface area contributed by atoms with E-state index in [-0.39, 0.29) is 12.0 Å². The van der Waals surface area contributed by atoms with Gasteiger partial charge in [-0.1, -0.05) is 48.5 Å². The molecule has 1 N–H and O–H groups in total. The average molecular weight is 472 g/mol. The summed E-state index contributed by atoms with van der Waals surface area (Å²) in [5.74, 6) is 0.927. The van der Waals surface area contributed by atoms with Crippen molar-refractivity contribution in [1.82, 2.24) is 9.97 Å². The van der Waals surface area contributed by atoms with Gasteiger partial charge in [0.15, 0.2) is 0 Å². The summed E-state index contributed by atoms with van der Waals surface area (Å²) in [7, 11) is 4.40. The third-order valence-electron chi connectivity index (χ3n) is 5.26. The minimum Gasteiger partial charge on any atom is -0.481 e. The number of carbonyl (C=O) groups excluding carboxylic acids is 1. The molecule has 0 amide bonds. The van der Waals surface area contributed by atoms with Crippen LogP contribution in [0.5, 0.6) is 23.5 Å². The number of nitrogens with zero attached hydrogens (tertiary/aromatic N) is 2. The maximum atomic E-state index is 11.8. The molecule has 0 fully saturated rings. The van der Waals surface area contributed by atoms with E-state index in [0.29, 0.717) is 29.6 Å². The molecule has 0 atom stereocenters. The van der Waals surface area contributed by atoms with Crippen molar-refractivity contribution < 1.29 is 23.7 Å². The Bertz CT molecular complexity index is 1290. The van der Waals surface area contributed by atoms with Gasteiger partial charge in [0, 0.05) is 23.4 Å². The van der Waals surface area contributed by atoms with Gasteiger partial charge in [0.25, 0.3) is 0 Å². The summed E-state index contributed by atoms with van der Waals surface area (Å²) < 4.78 is 21.2. The van der Waals surface area contributed by atoms with Crippen molar-refractivity contribution in [1.29, 1.82) is 0 Å². The van der Waals surface area contributed by atoms with Crippen molar-refractivity contribution in [3.8, 4) is 34.6 Å². The number of aromatic nitrogens is 2. The van der Waals surface area contributed by atoms with Gasteiger partial charge in [0.2, 0.25) is 11.8 Å². The van der Waals surface area contributed by atoms with E-state index in [2.05, 4.69) is 15.3 Å². The molecule has 0 aliphatic carbocycles. The summed E-state index contributed by atoms with van der Waals surface area (Å²) in [5, 5.41) is 3.49. The first-order chi connectivity index (χ1) is 17.1. The second-order valence-electron chi connectivity index (χ2n) is 7.41. The van der Waals surface area contributed by atoms with E-state index in [0.717, 1.165) is 22.4 Å². The summed E-state index contributed by atoms with van der Waals surface area (Å²) in [4.78, 5) is 20.2. The molecular weight excluding hydrogens is 446 g/mol. The first kappa shape index (κ1) is 23.6. The monoisotopic (exact) mass is 471 g/mol. The number of hydrogen-bond donors (Lipinski definition) is 1. The van der Waals surface area contributed by atoms with Crippen LogP contribution in [0.15, 0.2) is 78.9 Å². The molecule has 8 heteroatoms. The van der Waals surface area contributed by atoms with Crippen LogP contribution in [0.1, 0.15) is 15.9 Å². The third kappa shape index (κ3) is 5.67. The molecule has 0 saturated carbocycles. The number of anilines is 1. The SMILES string of the molecule is COC(=O)c1ccc(-c2ccccc2NCc2ccccc2Oc2nc(OC)cc(OC)n2)cc1. The van der Waals surface area contributed by atoms with Crippen molar-refractivity contribution in [3.63, 3.8) is 0 Å². The standard InChI is InChI=1S/C27H25N3O5/c1-32-24-16-25(33-2)30-27(29-24)35-23-11-7-4-8-20(23)17-28-22-10-6-5-9-21(22)18-12-14-19(15-13-18)26(31)34-3/h4-16,28H,17H2,1-3H3. The number of para-hydroxylation sites is 2. The number of esters is 1. The zero-order valence-electron chi connectivity index (χ0n) is 19.6. The summed E-state index contributed by atoms with van der Waals surface area (Å²) in [6, 6.07) is 24.6. The van der Waals surface area contributed by atoms with Crippen LogP contribution in [0, 0.1) is 0 Å². The molecule has 0 spiro atoms. The highest BCUT2D eigenvalue weighted by atomic mass is 16.5. The van der Waals surface area contributed by atoms with E-state index in [4.69, 9.17) is 18.9 Å². The van der Waals surface area contributed by atoms with Gasteiger partial charge in [-0.2, -0.15) is 9.97 Å². The lowest BCUT2D eigenvalue weighted by atomic mass is 10.0. The van der Waals surface area contributed by atoms with Gasteiger partial charge in [-0.05, 0) is 29.8 Å². The number of nitrogens with one attached hydrogen (secondary N) is 1. The van der Waals surface area contributed by atoms with Gasteiger partial charge in [0.1, 0.15) is 5.75 Å². The van der Waals surface area contributed by atoms with Gasteiger partial charge >= 0.3 is 12.0 Å². The third-order valence-corrected chi connectivity index (χ3v) is 5.26. The van der Waals surface area contributed by atoms with Crippen LogP contribution >= 0.6 is 0 Å². The largest absolute Gasteiger partial charge is 0.481 e. The number of methoxy groups -OCH3 is 3. The molecule has 0 radical (unpaired) electrons. The number of rotatable bonds is 9. The first-order valence-corrected chi connectivity index (χ1v) is 10.9. The van der Waals surface area contributed by atoms with Gasteiger partial charge in [-0.3, -0.25) is 0 Å². The van der Waals surface area contributed by atoms with E-state index < -0.39 is 0 Å². The fourth-order valence-electron chi connectivity index (χ4n) is 3.47. The Morgan fingerprint density at radius 1 is 0.829 bits per heavy atom. The van der Waals surface area contributed by atoms with Crippen LogP contribution in [-0.2, 0) is 11.3 Å². The molecule has 0 aliphatic heterocycles. The lowest BCUT2D eigenvalue weighted by molar-refractivity contribution is 0.0600. The highest BCUT2D eigenvalue weighted by Gasteiger charge is 2.12. The Balaban J connectivity index is 1.55. The van der Waals surface area contributed by atoms with Crippen molar-refractivity contribution in [3.05, 3.63) is 90.0 Å². The van der Waals surface area contributed by atoms with Crippen molar-refractivity contribution in [2.75, 3.05) is 26.6 Å². The lowest BCUT2D eigenvalue weighted by Crippen LogP contribution is -2.04. The smallest absolute Gasteiger partial charge is 0.337 e. The van der Waals surface area contributed by atoms with E-state index in [1.807, 2.05) is 60.7 Å². The van der Waals surface area contributed by atoms with E-state index in [1.54, 1.807) is 18.2 Å². The van der Waals surface area contributed by atoms with Gasteiger partial charge in [0.05, 0.1) is 33.0 Å². The first-order valence-electron chi connectivity index (χ1n) is 10.9. The molecular formula is C27H25N3O5. The summed E-state index contributed by atoms with van der Waals surface area (Å²) >= 11 is 0. The summed E-state index contributed by atoms with van der Waals surface area (Å²) in [6.45, 7) is 0.495. The lowest BCUT2D eigenvalue weighted by Gasteiger charge is -2.15. The molecule has 1 heterocycles. The summed E-state index contributed by atoms with van der Waals surface area (Å²) in [6.07, 6.45) is 0. The Hall–Kier alpha value is -4.59. The fraction of sp³-hybridized carbons (Fsp3) is 0.148. The quantitative estimate of drug-likeness (QED) is 0.327. The molecule has 4 aromatic rings. The van der Waals surface area contributed by atoms with Crippen molar-refractivity contribution in [2.24, 2.45) is 0 Å². The Morgan fingerprint density at radius 2 is 1.49 bits per heavy atom. The molecule has 3 aromatic carbocycles. The van der Waals surface area contributed by atoms with Gasteiger partial charge in [-0.15, -0.1) is 0 Å². The van der Waals surface area contributed by atoms with Gasteiger partial charge < -0.3 is 24.3 Å². The highest BCUT2D eigenvalue weighted by molar-refractivity contribution is 5.90. The molecule has 35 heavy (non-hydrogen) atoms. The van der Waals surface area contributed by atoms with Gasteiger partial charge in [-0.25, -0.2) is 4.79 Å². The fourth-order valence-corrected chi connectivity index (χ4v) is 3.47. The highest BCUT2D eigenvalue weighted by Crippen LogP contribution is 2.31. The molecule has 0 bridgehead atoms. The molecule has 0 unspecified atom stereocenters. The molecule has 8 nitrogen and oxygen atoms in total. The van der Waals surface area contributed by atoms with E-state index in [1.165, 1.54) is 21.3 Å². The van der Waals surface area contributed by atoms with Crippen molar-refractivity contribution >= 4 is 11.7 Å². The topological polar surface area (TPSA) is 91.8 Å². The Labute approximate surface area is 203 Å². The second-order valence-corrected chi connectivity index (χ2v) is 7.41. The van der Waals surface area contributed by atoms with Crippen LogP contribution in [0.4, 0.5) is 5.69 Å². The average Bonchev–Trinajstić information content (AvgIpc) is 2.92. The maximum absolute atomic E-state index is 11.8. The zero-order chi connectivity index (χ0) is 24.6. The predicted molar refractivity (Wildman–Crippen MR) is 132 cm³/mol. The van der Waals surface area contributed by atoms with Crippen LogP contribution in [0.2, 0.25) is 0 Å². The summed E-state index contributed by atoms with van der Waals surface area (Å²) in [5.41, 5.74) is 4.33. The number of carbonyl (C=O) groups is 1. The zero-order valence-corrected chi connectivity index (χ0v) is 19.6. The van der Waals surface area contributed by atoms with Crippen LogP contribution in [0.3, 0.4) is 0 Å². The Morgan fingerprint density at radius 3 is 2.17 bits per heavy atom. The molecule has 1 aromatic heterocycles. The van der Waals surface area contributed by atoms with E-state index >= 15 is 0 Å². The molecule has 178 valence electrons. The molecule has 0 aliphatic rings. The minimum absolute atomic E-state index is 0.125. The normalized spacial score (nSPS) is 10.4. The minimum atomic E-state index is -0.364. The molecule has 0 saturated heterocycles. The molecule has 4 rings (SSSR count). The second kappa shape index (κ2) is 11.0. The van der Waals surface area contributed by atoms with Crippen LogP contribution in [-0.4, -0.2) is 37.3 Å². The van der Waals surface area contributed by atoms with E-state index in [9.17, 15) is 4.79 Å². The van der Waals surface area contributed by atoms with Crippen LogP contribution < -0.4 is 19.5 Å². The Kier molecular flexibility index (Phi) is 7.42.